The van der Waals surface area contributed by atoms with E-state index in [0.29, 0.717) is 6.04 Å². The molecule has 1 heterocycles. The molecule has 1 aromatic heterocycles. The van der Waals surface area contributed by atoms with Crippen molar-refractivity contribution < 1.29 is 0 Å². The zero-order chi connectivity index (χ0) is 12.1. The quantitative estimate of drug-likeness (QED) is 0.795. The van der Waals surface area contributed by atoms with Crippen molar-refractivity contribution in [2.24, 2.45) is 5.92 Å². The molecule has 0 bridgehead atoms. The monoisotopic (exact) mass is 235 g/mol. The molecule has 96 valence electrons. The van der Waals surface area contributed by atoms with Crippen LogP contribution in [0, 0.1) is 5.92 Å². The predicted molar refractivity (Wildman–Crippen MR) is 70.9 cm³/mol. The van der Waals surface area contributed by atoms with E-state index in [4.69, 9.17) is 0 Å². The highest BCUT2D eigenvalue weighted by atomic mass is 15.3. The van der Waals surface area contributed by atoms with Crippen LogP contribution in [0.2, 0.25) is 0 Å². The van der Waals surface area contributed by atoms with Gasteiger partial charge in [-0.05, 0) is 44.6 Å². The summed E-state index contributed by atoms with van der Waals surface area (Å²) >= 11 is 0. The van der Waals surface area contributed by atoms with Gasteiger partial charge < -0.3 is 5.32 Å². The van der Waals surface area contributed by atoms with E-state index in [-0.39, 0.29) is 0 Å². The zero-order valence-electron chi connectivity index (χ0n) is 11.2. The molecular weight excluding hydrogens is 210 g/mol. The first-order valence-corrected chi connectivity index (χ1v) is 7.03. The summed E-state index contributed by atoms with van der Waals surface area (Å²) in [6.07, 6.45) is 10.7. The molecular formula is C14H25N3. The highest BCUT2D eigenvalue weighted by Crippen LogP contribution is 2.31. The average molecular weight is 235 g/mol. The Labute approximate surface area is 105 Å². The van der Waals surface area contributed by atoms with Crippen LogP contribution in [-0.2, 0) is 6.54 Å². The van der Waals surface area contributed by atoms with Gasteiger partial charge in [0.05, 0.1) is 12.2 Å². The summed E-state index contributed by atoms with van der Waals surface area (Å²) in [6.45, 7) is 6.60. The highest BCUT2D eigenvalue weighted by molar-refractivity contribution is 5.04. The van der Waals surface area contributed by atoms with Gasteiger partial charge in [-0.15, -0.1) is 0 Å². The van der Waals surface area contributed by atoms with E-state index in [1.165, 1.54) is 37.7 Å². The van der Waals surface area contributed by atoms with Gasteiger partial charge >= 0.3 is 0 Å². The van der Waals surface area contributed by atoms with Gasteiger partial charge in [-0.25, -0.2) is 0 Å². The predicted octanol–water partition coefficient (Wildman–Crippen LogP) is 3.13. The minimum Gasteiger partial charge on any atom is -0.313 e. The van der Waals surface area contributed by atoms with E-state index in [1.807, 2.05) is 6.20 Å². The Kier molecular flexibility index (Phi) is 4.60. The normalized spacial score (nSPS) is 25.1. The largest absolute Gasteiger partial charge is 0.313 e. The van der Waals surface area contributed by atoms with E-state index < -0.39 is 0 Å². The van der Waals surface area contributed by atoms with Crippen molar-refractivity contribution in [3.8, 4) is 0 Å². The van der Waals surface area contributed by atoms with Gasteiger partial charge in [0.2, 0.25) is 0 Å². The molecule has 2 rings (SSSR count). The molecule has 0 saturated heterocycles. The summed E-state index contributed by atoms with van der Waals surface area (Å²) in [5, 5.41) is 7.94. The zero-order valence-corrected chi connectivity index (χ0v) is 11.2. The van der Waals surface area contributed by atoms with Crippen LogP contribution in [0.15, 0.2) is 12.4 Å². The molecule has 1 fully saturated rings. The molecule has 0 unspecified atom stereocenters. The SMILES string of the molecule is CCCNCc1cnn(C2CCC(C)CC2)c1. The van der Waals surface area contributed by atoms with E-state index in [9.17, 15) is 0 Å². The third-order valence-electron chi connectivity index (χ3n) is 3.77. The highest BCUT2D eigenvalue weighted by Gasteiger charge is 2.19. The van der Waals surface area contributed by atoms with Crippen molar-refractivity contribution in [3.63, 3.8) is 0 Å². The van der Waals surface area contributed by atoms with Crippen molar-refractivity contribution >= 4 is 0 Å². The second kappa shape index (κ2) is 6.20. The number of rotatable bonds is 5. The third-order valence-corrected chi connectivity index (χ3v) is 3.77. The van der Waals surface area contributed by atoms with Crippen molar-refractivity contribution in [3.05, 3.63) is 18.0 Å². The third kappa shape index (κ3) is 3.56. The topological polar surface area (TPSA) is 29.9 Å². The molecule has 1 saturated carbocycles. The van der Waals surface area contributed by atoms with E-state index in [0.717, 1.165) is 19.0 Å². The fourth-order valence-corrected chi connectivity index (χ4v) is 2.58. The Morgan fingerprint density at radius 3 is 2.82 bits per heavy atom. The first-order valence-electron chi connectivity index (χ1n) is 7.03. The molecule has 17 heavy (non-hydrogen) atoms. The maximum Gasteiger partial charge on any atom is 0.0534 e. The van der Waals surface area contributed by atoms with Gasteiger partial charge in [-0.2, -0.15) is 5.10 Å². The summed E-state index contributed by atoms with van der Waals surface area (Å²) in [4.78, 5) is 0. The smallest absolute Gasteiger partial charge is 0.0534 e. The lowest BCUT2D eigenvalue weighted by atomic mass is 9.87. The van der Waals surface area contributed by atoms with Crippen LogP contribution in [0.25, 0.3) is 0 Å². The number of nitrogens with zero attached hydrogens (tertiary/aromatic N) is 2. The van der Waals surface area contributed by atoms with Crippen LogP contribution < -0.4 is 5.32 Å². The van der Waals surface area contributed by atoms with Crippen LogP contribution >= 0.6 is 0 Å². The molecule has 1 aliphatic carbocycles. The maximum absolute atomic E-state index is 4.52. The Balaban J connectivity index is 1.85. The van der Waals surface area contributed by atoms with Gasteiger partial charge in [0, 0.05) is 18.3 Å². The number of hydrogen-bond acceptors (Lipinski definition) is 2. The molecule has 0 radical (unpaired) electrons. The summed E-state index contributed by atoms with van der Waals surface area (Å²) in [7, 11) is 0. The first kappa shape index (κ1) is 12.6. The maximum atomic E-state index is 4.52. The minimum absolute atomic E-state index is 0.645. The van der Waals surface area contributed by atoms with Crippen molar-refractivity contribution in [2.45, 2.75) is 58.5 Å². The Morgan fingerprint density at radius 2 is 2.12 bits per heavy atom. The molecule has 0 atom stereocenters. The minimum atomic E-state index is 0.645. The van der Waals surface area contributed by atoms with Gasteiger partial charge in [0.15, 0.2) is 0 Å². The van der Waals surface area contributed by atoms with Gasteiger partial charge in [0.25, 0.3) is 0 Å². The van der Waals surface area contributed by atoms with Crippen LogP contribution in [0.4, 0.5) is 0 Å². The first-order chi connectivity index (χ1) is 8.29. The second-order valence-corrected chi connectivity index (χ2v) is 5.42. The number of nitrogens with one attached hydrogen (secondary N) is 1. The summed E-state index contributed by atoms with van der Waals surface area (Å²) < 4.78 is 2.19. The molecule has 0 aliphatic heterocycles. The van der Waals surface area contributed by atoms with Crippen molar-refractivity contribution in [2.75, 3.05) is 6.54 Å². The van der Waals surface area contributed by atoms with E-state index in [1.54, 1.807) is 0 Å². The summed E-state index contributed by atoms with van der Waals surface area (Å²) in [5.74, 6) is 0.910. The van der Waals surface area contributed by atoms with Gasteiger partial charge in [0.1, 0.15) is 0 Å². The van der Waals surface area contributed by atoms with E-state index in [2.05, 4.69) is 35.1 Å². The fourth-order valence-electron chi connectivity index (χ4n) is 2.58. The Hall–Kier alpha value is -0.830. The lowest BCUT2D eigenvalue weighted by Gasteiger charge is -2.26. The van der Waals surface area contributed by atoms with Crippen molar-refractivity contribution in [1.29, 1.82) is 0 Å². The molecule has 3 nitrogen and oxygen atoms in total. The molecule has 0 aromatic carbocycles. The molecule has 3 heteroatoms. The van der Waals surface area contributed by atoms with Crippen LogP contribution in [0.5, 0.6) is 0 Å². The fraction of sp³-hybridized carbons (Fsp3) is 0.786. The van der Waals surface area contributed by atoms with E-state index >= 15 is 0 Å². The van der Waals surface area contributed by atoms with Crippen molar-refractivity contribution in [1.82, 2.24) is 15.1 Å². The van der Waals surface area contributed by atoms with Crippen LogP contribution in [0.1, 0.15) is 57.6 Å². The lowest BCUT2D eigenvalue weighted by Crippen LogP contribution is -2.17. The van der Waals surface area contributed by atoms with Gasteiger partial charge in [-0.1, -0.05) is 13.8 Å². The molecule has 1 N–H and O–H groups in total. The van der Waals surface area contributed by atoms with Crippen LogP contribution in [0.3, 0.4) is 0 Å². The average Bonchev–Trinajstić information content (AvgIpc) is 2.79. The second-order valence-electron chi connectivity index (χ2n) is 5.42. The molecule has 0 spiro atoms. The number of hydrogen-bond donors (Lipinski definition) is 1. The number of aromatic nitrogens is 2. The Morgan fingerprint density at radius 1 is 1.35 bits per heavy atom. The summed E-state index contributed by atoms with van der Waals surface area (Å²) in [5.41, 5.74) is 1.32. The standard InChI is InChI=1S/C14H25N3/c1-3-8-15-9-13-10-16-17(11-13)14-6-4-12(2)5-7-14/h10-12,14-15H,3-9H2,1-2H3. The Bertz CT molecular complexity index is 324. The lowest BCUT2D eigenvalue weighted by molar-refractivity contribution is 0.274. The van der Waals surface area contributed by atoms with Crippen LogP contribution in [-0.4, -0.2) is 16.3 Å². The molecule has 1 aliphatic rings. The molecule has 0 amide bonds. The summed E-state index contributed by atoms with van der Waals surface area (Å²) in [6, 6.07) is 0.645. The molecule has 1 aromatic rings. The van der Waals surface area contributed by atoms with Gasteiger partial charge in [-0.3, -0.25) is 4.68 Å².